The minimum atomic E-state index is 0. The van der Waals surface area contributed by atoms with Crippen LogP contribution in [-0.4, -0.2) is 49.1 Å². The highest BCUT2D eigenvalue weighted by Gasteiger charge is 2.18. The lowest BCUT2D eigenvalue weighted by molar-refractivity contribution is 0.249. The molecule has 0 radical (unpaired) electrons. The van der Waals surface area contributed by atoms with Gasteiger partial charge in [0.2, 0.25) is 0 Å². The third-order valence-electron chi connectivity index (χ3n) is 4.00. The minimum Gasteiger partial charge on any atom is -0.355 e. The van der Waals surface area contributed by atoms with Gasteiger partial charge in [-0.05, 0) is 26.8 Å². The summed E-state index contributed by atoms with van der Waals surface area (Å²) in [4.78, 5) is 12.3. The Balaban J connectivity index is 0.00000242. The maximum atomic E-state index is 4.35. The van der Waals surface area contributed by atoms with Crippen LogP contribution < -0.4 is 10.6 Å². The molecule has 1 saturated carbocycles. The zero-order valence-corrected chi connectivity index (χ0v) is 16.9. The monoisotopic (exact) mass is 437 g/mol. The number of aromatic nitrogens is 1. The fourth-order valence-corrected chi connectivity index (χ4v) is 3.47. The highest BCUT2D eigenvalue weighted by Crippen LogP contribution is 2.21. The molecule has 126 valence electrons. The van der Waals surface area contributed by atoms with Crippen molar-refractivity contribution in [2.75, 3.05) is 27.2 Å². The average Bonchev–Trinajstić information content (AvgIpc) is 3.13. The van der Waals surface area contributed by atoms with E-state index >= 15 is 0 Å². The van der Waals surface area contributed by atoms with Crippen molar-refractivity contribution in [2.45, 2.75) is 45.2 Å². The van der Waals surface area contributed by atoms with Crippen molar-refractivity contribution in [3.63, 3.8) is 0 Å². The lowest BCUT2D eigenvalue weighted by atomic mass is 10.2. The molecule has 1 heterocycles. The van der Waals surface area contributed by atoms with Crippen molar-refractivity contribution in [1.82, 2.24) is 20.5 Å². The van der Waals surface area contributed by atoms with Gasteiger partial charge in [-0.3, -0.25) is 4.99 Å². The summed E-state index contributed by atoms with van der Waals surface area (Å²) < 4.78 is 0. The van der Waals surface area contributed by atoms with Gasteiger partial charge in [-0.1, -0.05) is 12.8 Å². The minimum absolute atomic E-state index is 0. The summed E-state index contributed by atoms with van der Waals surface area (Å²) in [6.07, 6.45) is 7.39. The molecule has 0 amide bonds. The van der Waals surface area contributed by atoms with Gasteiger partial charge in [0.05, 0.1) is 6.54 Å². The van der Waals surface area contributed by atoms with E-state index < -0.39 is 0 Å². The topological polar surface area (TPSA) is 52.6 Å². The van der Waals surface area contributed by atoms with Crippen LogP contribution in [0.4, 0.5) is 0 Å². The zero-order valence-electron chi connectivity index (χ0n) is 13.8. The normalized spacial score (nSPS) is 15.9. The fourth-order valence-electron chi connectivity index (χ4n) is 2.74. The largest absolute Gasteiger partial charge is 0.355 e. The van der Waals surface area contributed by atoms with E-state index in [1.165, 1.54) is 30.6 Å². The van der Waals surface area contributed by atoms with Gasteiger partial charge in [-0.2, -0.15) is 0 Å². The van der Waals surface area contributed by atoms with Crippen LogP contribution in [0.15, 0.2) is 11.2 Å². The lowest BCUT2D eigenvalue weighted by Crippen LogP contribution is -2.42. The number of aliphatic imine (C=N–C) groups is 1. The molecule has 1 aromatic heterocycles. The molecule has 5 nitrogen and oxygen atoms in total. The van der Waals surface area contributed by atoms with E-state index in [0.717, 1.165) is 36.6 Å². The maximum Gasteiger partial charge on any atom is 0.191 e. The molecule has 0 spiro atoms. The Bertz CT molecular complexity index is 457. The number of thiazole rings is 1. The van der Waals surface area contributed by atoms with E-state index in [4.69, 9.17) is 0 Å². The fraction of sp³-hybridized carbons (Fsp3) is 0.733. The van der Waals surface area contributed by atoms with Crippen molar-refractivity contribution in [3.8, 4) is 0 Å². The Hall–Kier alpha value is -0.410. The molecule has 0 bridgehead atoms. The van der Waals surface area contributed by atoms with Gasteiger partial charge in [-0.15, -0.1) is 35.3 Å². The van der Waals surface area contributed by atoms with E-state index in [-0.39, 0.29) is 24.0 Å². The average molecular weight is 437 g/mol. The number of halogens is 1. The number of hydrogen-bond acceptors (Lipinski definition) is 4. The molecule has 0 aliphatic heterocycles. The molecule has 0 atom stereocenters. The molecule has 0 saturated heterocycles. The number of nitrogens with zero attached hydrogens (tertiary/aromatic N) is 3. The van der Waals surface area contributed by atoms with E-state index in [2.05, 4.69) is 39.5 Å². The van der Waals surface area contributed by atoms with E-state index in [0.29, 0.717) is 0 Å². The van der Waals surface area contributed by atoms with Crippen LogP contribution in [0, 0.1) is 6.92 Å². The van der Waals surface area contributed by atoms with Crippen molar-refractivity contribution >= 4 is 41.3 Å². The van der Waals surface area contributed by atoms with Gasteiger partial charge in [-0.25, -0.2) is 4.98 Å². The standard InChI is InChI=1S/C15H27N5S.HI/c1-12-10-18-14(21-12)11-19-15(16-2)17-8-9-20(3)13-6-4-5-7-13;/h10,13H,4-9,11H2,1-3H3,(H2,16,17,19);1H. The second-order valence-electron chi connectivity index (χ2n) is 5.64. The number of aryl methyl sites for hydroxylation is 1. The van der Waals surface area contributed by atoms with Crippen molar-refractivity contribution in [2.24, 2.45) is 4.99 Å². The van der Waals surface area contributed by atoms with Crippen LogP contribution >= 0.6 is 35.3 Å². The van der Waals surface area contributed by atoms with Crippen molar-refractivity contribution in [3.05, 3.63) is 16.1 Å². The van der Waals surface area contributed by atoms with Gasteiger partial charge in [0, 0.05) is 37.3 Å². The smallest absolute Gasteiger partial charge is 0.191 e. The SMILES string of the molecule is CN=C(NCCN(C)C1CCCC1)NCc1ncc(C)s1.I. The predicted octanol–water partition coefficient (Wildman–Crippen LogP) is 2.61. The summed E-state index contributed by atoms with van der Waals surface area (Å²) in [5.74, 6) is 0.850. The third-order valence-corrected chi connectivity index (χ3v) is 4.92. The van der Waals surface area contributed by atoms with E-state index in [1.807, 2.05) is 13.2 Å². The maximum absolute atomic E-state index is 4.35. The first kappa shape index (κ1) is 19.6. The first-order valence-corrected chi connectivity index (χ1v) is 8.56. The number of nitrogens with one attached hydrogen (secondary N) is 2. The van der Waals surface area contributed by atoms with Crippen LogP contribution in [0.2, 0.25) is 0 Å². The van der Waals surface area contributed by atoms with Gasteiger partial charge >= 0.3 is 0 Å². The third kappa shape index (κ3) is 6.37. The molecule has 1 fully saturated rings. The Morgan fingerprint density at radius 2 is 2.14 bits per heavy atom. The van der Waals surface area contributed by atoms with Crippen LogP contribution in [0.5, 0.6) is 0 Å². The second kappa shape index (κ2) is 10.4. The Morgan fingerprint density at radius 3 is 2.73 bits per heavy atom. The Morgan fingerprint density at radius 1 is 1.41 bits per heavy atom. The molecule has 0 aromatic carbocycles. The first-order chi connectivity index (χ1) is 10.2. The summed E-state index contributed by atoms with van der Waals surface area (Å²) in [5, 5.41) is 7.78. The molecule has 7 heteroatoms. The van der Waals surface area contributed by atoms with Crippen molar-refractivity contribution in [1.29, 1.82) is 0 Å². The summed E-state index contributed by atoms with van der Waals surface area (Å²) in [6.45, 7) is 4.79. The molecule has 0 unspecified atom stereocenters. The Labute approximate surface area is 155 Å². The molecule has 2 N–H and O–H groups in total. The first-order valence-electron chi connectivity index (χ1n) is 7.75. The summed E-state index contributed by atoms with van der Waals surface area (Å²) in [5.41, 5.74) is 0. The summed E-state index contributed by atoms with van der Waals surface area (Å²) in [6, 6.07) is 0.778. The van der Waals surface area contributed by atoms with Crippen molar-refractivity contribution < 1.29 is 0 Å². The van der Waals surface area contributed by atoms with Crippen LogP contribution in [0.1, 0.15) is 35.6 Å². The molecule has 2 rings (SSSR count). The van der Waals surface area contributed by atoms with Crippen LogP contribution in [0.25, 0.3) is 0 Å². The number of hydrogen-bond donors (Lipinski definition) is 2. The predicted molar refractivity (Wildman–Crippen MR) is 105 cm³/mol. The molecule has 1 aliphatic rings. The highest BCUT2D eigenvalue weighted by atomic mass is 127. The molecular weight excluding hydrogens is 409 g/mol. The molecule has 1 aliphatic carbocycles. The lowest BCUT2D eigenvalue weighted by Gasteiger charge is -2.24. The van der Waals surface area contributed by atoms with Crippen LogP contribution in [-0.2, 0) is 6.54 Å². The summed E-state index contributed by atoms with van der Waals surface area (Å²) in [7, 11) is 4.04. The van der Waals surface area contributed by atoms with Gasteiger partial charge in [0.25, 0.3) is 0 Å². The van der Waals surface area contributed by atoms with Gasteiger partial charge in [0.1, 0.15) is 5.01 Å². The van der Waals surface area contributed by atoms with Gasteiger partial charge in [0.15, 0.2) is 5.96 Å². The molecule has 1 aromatic rings. The van der Waals surface area contributed by atoms with E-state index in [1.54, 1.807) is 11.3 Å². The zero-order chi connectivity index (χ0) is 15.1. The second-order valence-corrected chi connectivity index (χ2v) is 6.96. The highest BCUT2D eigenvalue weighted by molar-refractivity contribution is 14.0. The van der Waals surface area contributed by atoms with E-state index in [9.17, 15) is 0 Å². The number of guanidine groups is 1. The summed E-state index contributed by atoms with van der Waals surface area (Å²) >= 11 is 1.72. The Kier molecular flexibility index (Phi) is 9.27. The van der Waals surface area contributed by atoms with Crippen LogP contribution in [0.3, 0.4) is 0 Å². The number of likely N-dealkylation sites (N-methyl/N-ethyl adjacent to an activating group) is 1. The van der Waals surface area contributed by atoms with Gasteiger partial charge < -0.3 is 15.5 Å². The number of rotatable bonds is 6. The quantitative estimate of drug-likeness (QED) is 0.408. The molecular formula is C15H28IN5S. The molecule has 22 heavy (non-hydrogen) atoms.